The molecule has 17 heavy (non-hydrogen) atoms. The molecule has 0 spiro atoms. The van der Waals surface area contributed by atoms with Gasteiger partial charge in [0.15, 0.2) is 0 Å². The van der Waals surface area contributed by atoms with Crippen molar-refractivity contribution in [3.8, 4) is 6.07 Å². The Morgan fingerprint density at radius 2 is 2.24 bits per heavy atom. The summed E-state index contributed by atoms with van der Waals surface area (Å²) in [5, 5.41) is 12.2. The van der Waals surface area contributed by atoms with E-state index in [0.717, 1.165) is 19.4 Å². The van der Waals surface area contributed by atoms with Crippen molar-refractivity contribution < 1.29 is 4.79 Å². The van der Waals surface area contributed by atoms with E-state index in [4.69, 9.17) is 5.26 Å². The van der Waals surface area contributed by atoms with E-state index < -0.39 is 0 Å². The predicted molar refractivity (Wildman–Crippen MR) is 68.6 cm³/mol. The lowest BCUT2D eigenvalue weighted by atomic mass is 9.97. The Morgan fingerprint density at radius 3 is 2.94 bits per heavy atom. The van der Waals surface area contributed by atoms with E-state index in [1.807, 2.05) is 11.8 Å². The lowest BCUT2D eigenvalue weighted by molar-refractivity contribution is -0.134. The summed E-state index contributed by atoms with van der Waals surface area (Å²) in [6.45, 7) is 2.10. The summed E-state index contributed by atoms with van der Waals surface area (Å²) >= 11 is 1.98. The van der Waals surface area contributed by atoms with E-state index in [0.29, 0.717) is 25.4 Å². The SMILES string of the molecule is N#CC1CNCCN1C(=O)CC1CCSCC1. The molecule has 4 nitrogen and oxygen atoms in total. The van der Waals surface area contributed by atoms with Crippen molar-refractivity contribution in [1.82, 2.24) is 10.2 Å². The number of carbonyl (C=O) groups excluding carboxylic acids is 1. The molecule has 2 heterocycles. The van der Waals surface area contributed by atoms with Gasteiger partial charge in [-0.05, 0) is 30.3 Å². The number of nitrogens with one attached hydrogen (secondary N) is 1. The van der Waals surface area contributed by atoms with Gasteiger partial charge in [-0.15, -0.1) is 0 Å². The van der Waals surface area contributed by atoms with E-state index in [1.165, 1.54) is 11.5 Å². The third-order valence-electron chi connectivity index (χ3n) is 3.52. The van der Waals surface area contributed by atoms with E-state index in [1.54, 1.807) is 4.90 Å². The van der Waals surface area contributed by atoms with E-state index in [-0.39, 0.29) is 11.9 Å². The van der Waals surface area contributed by atoms with Crippen LogP contribution < -0.4 is 5.32 Å². The molecular weight excluding hydrogens is 234 g/mol. The van der Waals surface area contributed by atoms with Gasteiger partial charge in [-0.2, -0.15) is 17.0 Å². The van der Waals surface area contributed by atoms with Crippen molar-refractivity contribution in [1.29, 1.82) is 5.26 Å². The number of thioether (sulfide) groups is 1. The Kier molecular flexibility index (Phi) is 4.69. The van der Waals surface area contributed by atoms with E-state index in [2.05, 4.69) is 11.4 Å². The fourth-order valence-corrected chi connectivity index (χ4v) is 3.64. The van der Waals surface area contributed by atoms with Crippen LogP contribution in [-0.4, -0.2) is 48.0 Å². The van der Waals surface area contributed by atoms with Crippen molar-refractivity contribution in [3.05, 3.63) is 0 Å². The first-order valence-electron chi connectivity index (χ1n) is 6.29. The highest BCUT2D eigenvalue weighted by molar-refractivity contribution is 7.99. The van der Waals surface area contributed by atoms with Gasteiger partial charge in [-0.1, -0.05) is 0 Å². The zero-order chi connectivity index (χ0) is 12.1. The average molecular weight is 253 g/mol. The first-order chi connectivity index (χ1) is 8.31. The molecular formula is C12H19N3OS. The molecule has 2 aliphatic heterocycles. The Labute approximate surface area is 107 Å². The monoisotopic (exact) mass is 253 g/mol. The minimum Gasteiger partial charge on any atom is -0.324 e. The molecule has 1 atom stereocenters. The van der Waals surface area contributed by atoms with Crippen molar-refractivity contribution in [2.75, 3.05) is 31.1 Å². The van der Waals surface area contributed by atoms with Crippen LogP contribution in [0.25, 0.3) is 0 Å². The molecule has 2 rings (SSSR count). The van der Waals surface area contributed by atoms with Crippen LogP contribution in [0.4, 0.5) is 0 Å². The second-order valence-corrected chi connectivity index (χ2v) is 5.92. The molecule has 1 amide bonds. The number of nitrogens with zero attached hydrogens (tertiary/aromatic N) is 2. The Bertz CT molecular complexity index is 309. The molecule has 0 bridgehead atoms. The van der Waals surface area contributed by atoms with Crippen LogP contribution in [0, 0.1) is 17.2 Å². The van der Waals surface area contributed by atoms with Gasteiger partial charge in [0.1, 0.15) is 6.04 Å². The van der Waals surface area contributed by atoms with Crippen molar-refractivity contribution in [2.45, 2.75) is 25.3 Å². The minimum atomic E-state index is -0.269. The quantitative estimate of drug-likeness (QED) is 0.792. The maximum Gasteiger partial charge on any atom is 0.224 e. The van der Waals surface area contributed by atoms with Gasteiger partial charge in [0.25, 0.3) is 0 Å². The zero-order valence-electron chi connectivity index (χ0n) is 10.0. The molecule has 0 aromatic carbocycles. The molecule has 0 aliphatic carbocycles. The lowest BCUT2D eigenvalue weighted by Gasteiger charge is -2.33. The number of hydrogen-bond acceptors (Lipinski definition) is 4. The summed E-state index contributed by atoms with van der Waals surface area (Å²) < 4.78 is 0. The van der Waals surface area contributed by atoms with Gasteiger partial charge in [0, 0.05) is 26.1 Å². The maximum absolute atomic E-state index is 12.2. The highest BCUT2D eigenvalue weighted by atomic mass is 32.2. The summed E-state index contributed by atoms with van der Waals surface area (Å²) in [5.74, 6) is 3.08. The smallest absolute Gasteiger partial charge is 0.224 e. The topological polar surface area (TPSA) is 56.1 Å². The number of carbonyl (C=O) groups is 1. The molecule has 0 saturated carbocycles. The minimum absolute atomic E-state index is 0.176. The van der Waals surface area contributed by atoms with Crippen LogP contribution in [0.1, 0.15) is 19.3 Å². The number of hydrogen-bond donors (Lipinski definition) is 1. The number of nitriles is 1. The fourth-order valence-electron chi connectivity index (χ4n) is 2.43. The molecule has 0 aromatic heterocycles. The summed E-state index contributed by atoms with van der Waals surface area (Å²) in [6, 6.07) is 1.94. The van der Waals surface area contributed by atoms with Crippen LogP contribution in [0.3, 0.4) is 0 Å². The van der Waals surface area contributed by atoms with Crippen LogP contribution in [-0.2, 0) is 4.79 Å². The predicted octanol–water partition coefficient (Wildman–Crippen LogP) is 0.844. The van der Waals surface area contributed by atoms with Crippen LogP contribution >= 0.6 is 11.8 Å². The van der Waals surface area contributed by atoms with Gasteiger partial charge >= 0.3 is 0 Å². The van der Waals surface area contributed by atoms with Gasteiger partial charge in [0.2, 0.25) is 5.91 Å². The highest BCUT2D eigenvalue weighted by Gasteiger charge is 2.28. The van der Waals surface area contributed by atoms with Gasteiger partial charge in [-0.25, -0.2) is 0 Å². The summed E-state index contributed by atoms with van der Waals surface area (Å²) in [4.78, 5) is 13.9. The zero-order valence-corrected chi connectivity index (χ0v) is 10.8. The third-order valence-corrected chi connectivity index (χ3v) is 4.57. The van der Waals surface area contributed by atoms with E-state index >= 15 is 0 Å². The van der Waals surface area contributed by atoms with Crippen molar-refractivity contribution in [2.24, 2.45) is 5.92 Å². The first-order valence-corrected chi connectivity index (χ1v) is 7.44. The second-order valence-electron chi connectivity index (χ2n) is 4.70. The number of piperazine rings is 1. The maximum atomic E-state index is 12.2. The van der Waals surface area contributed by atoms with Gasteiger partial charge < -0.3 is 10.2 Å². The Balaban J connectivity index is 1.87. The summed E-state index contributed by atoms with van der Waals surface area (Å²) in [7, 11) is 0. The average Bonchev–Trinajstić information content (AvgIpc) is 2.40. The second kappa shape index (κ2) is 6.27. The first kappa shape index (κ1) is 12.7. The van der Waals surface area contributed by atoms with Gasteiger partial charge in [0.05, 0.1) is 6.07 Å². The number of amides is 1. The molecule has 1 unspecified atom stereocenters. The van der Waals surface area contributed by atoms with Crippen LogP contribution in [0.15, 0.2) is 0 Å². The standard InChI is InChI=1S/C12H19N3OS/c13-8-11-9-14-3-4-15(11)12(16)7-10-1-5-17-6-2-10/h10-11,14H,1-7,9H2. The Morgan fingerprint density at radius 1 is 1.47 bits per heavy atom. The fraction of sp³-hybridized carbons (Fsp3) is 0.833. The van der Waals surface area contributed by atoms with E-state index in [9.17, 15) is 4.79 Å². The van der Waals surface area contributed by atoms with Gasteiger partial charge in [-0.3, -0.25) is 4.79 Å². The van der Waals surface area contributed by atoms with Crippen molar-refractivity contribution in [3.63, 3.8) is 0 Å². The molecule has 0 radical (unpaired) electrons. The largest absolute Gasteiger partial charge is 0.324 e. The molecule has 2 fully saturated rings. The molecule has 5 heteroatoms. The molecule has 2 saturated heterocycles. The molecule has 94 valence electrons. The molecule has 2 aliphatic rings. The normalized spacial score (nSPS) is 26.5. The third kappa shape index (κ3) is 3.36. The summed E-state index contributed by atoms with van der Waals surface area (Å²) in [6.07, 6.45) is 2.94. The van der Waals surface area contributed by atoms with Crippen LogP contribution in [0.2, 0.25) is 0 Å². The lowest BCUT2D eigenvalue weighted by Crippen LogP contribution is -2.53. The van der Waals surface area contributed by atoms with Crippen LogP contribution in [0.5, 0.6) is 0 Å². The molecule has 1 N–H and O–H groups in total. The highest BCUT2D eigenvalue weighted by Crippen LogP contribution is 2.26. The number of rotatable bonds is 2. The van der Waals surface area contributed by atoms with Crippen molar-refractivity contribution >= 4 is 17.7 Å². The Hall–Kier alpha value is -0.730. The molecule has 0 aromatic rings. The summed E-state index contributed by atoms with van der Waals surface area (Å²) in [5.41, 5.74) is 0.